The lowest BCUT2D eigenvalue weighted by Gasteiger charge is -2.19. The van der Waals surface area contributed by atoms with E-state index in [9.17, 15) is 19.4 Å². The van der Waals surface area contributed by atoms with E-state index in [1.54, 1.807) is 30.5 Å². The lowest BCUT2D eigenvalue weighted by molar-refractivity contribution is -0.142. The van der Waals surface area contributed by atoms with Crippen LogP contribution in [0.2, 0.25) is 5.02 Å². The molecule has 0 spiro atoms. The molecule has 0 radical (unpaired) electrons. The Morgan fingerprint density at radius 1 is 1.14 bits per heavy atom. The number of aliphatic hydroxyl groups excluding tert-OH is 1. The van der Waals surface area contributed by atoms with Crippen LogP contribution in [0.5, 0.6) is 5.75 Å². The number of halogens is 2. The predicted molar refractivity (Wildman–Crippen MR) is 163 cm³/mol. The van der Waals surface area contributed by atoms with E-state index >= 15 is 0 Å². The molecule has 1 aromatic heterocycles. The third kappa shape index (κ3) is 8.17. The summed E-state index contributed by atoms with van der Waals surface area (Å²) >= 11 is 6.19. The van der Waals surface area contributed by atoms with Crippen molar-refractivity contribution in [2.24, 2.45) is 0 Å². The molecule has 7 nitrogen and oxygen atoms in total. The van der Waals surface area contributed by atoms with Gasteiger partial charge in [-0.05, 0) is 79.6 Å². The van der Waals surface area contributed by atoms with Crippen LogP contribution in [-0.4, -0.2) is 33.3 Å². The SMILES string of the molecule is Cc1cc(OCc2cncc(C#N)c2)c(CN[C@@H](C(=O)O)[C@H](C)O)cc1Cl.Fc1ccccc1-c1cccc2c1CCC2. The summed E-state index contributed by atoms with van der Waals surface area (Å²) in [6.07, 6.45) is 5.42. The lowest BCUT2D eigenvalue weighted by atomic mass is 9.97. The zero-order chi connectivity index (χ0) is 30.9. The molecule has 0 bridgehead atoms. The van der Waals surface area contributed by atoms with E-state index in [1.807, 2.05) is 37.3 Å². The average molecular weight is 602 g/mol. The van der Waals surface area contributed by atoms with Gasteiger partial charge < -0.3 is 14.9 Å². The van der Waals surface area contributed by atoms with Crippen molar-refractivity contribution in [3.8, 4) is 22.9 Å². The standard InChI is InChI=1S/C19H20ClN3O4.C15H13F/c1-11-3-17(27-10-14-4-13(6-21)7-22-8-14)15(5-16(11)20)9-23-18(12(2)24)19(25)26;16-15-10-2-1-7-14(15)13-9-4-6-11-5-3-8-12(11)13/h3-5,7-8,12,18,23-24H,9-10H2,1-2H3,(H,25,26);1-2,4,6-7,9-10H,3,5,8H2/t12-,18+;/m0./s1. The van der Waals surface area contributed by atoms with E-state index in [2.05, 4.69) is 16.4 Å². The highest BCUT2D eigenvalue weighted by Gasteiger charge is 2.23. The Morgan fingerprint density at radius 3 is 2.63 bits per heavy atom. The van der Waals surface area contributed by atoms with Gasteiger partial charge in [-0.2, -0.15) is 5.26 Å². The molecule has 1 aliphatic rings. The van der Waals surface area contributed by atoms with Gasteiger partial charge in [0, 0.05) is 40.7 Å². The van der Waals surface area contributed by atoms with Crippen LogP contribution in [0.15, 0.2) is 73.1 Å². The summed E-state index contributed by atoms with van der Waals surface area (Å²) in [5, 5.41) is 31.0. The number of hydrogen-bond donors (Lipinski definition) is 3. The Bertz CT molecular complexity index is 1640. The van der Waals surface area contributed by atoms with Gasteiger partial charge in [-0.15, -0.1) is 0 Å². The highest BCUT2D eigenvalue weighted by atomic mass is 35.5. The van der Waals surface area contributed by atoms with Crippen LogP contribution in [0.4, 0.5) is 4.39 Å². The maximum absolute atomic E-state index is 13.7. The Kier molecular flexibility index (Phi) is 10.8. The number of benzene rings is 3. The number of nitrogens with one attached hydrogen (secondary N) is 1. The van der Waals surface area contributed by atoms with Gasteiger partial charge in [0.15, 0.2) is 0 Å². The minimum atomic E-state index is -1.15. The van der Waals surface area contributed by atoms with Gasteiger partial charge in [-0.25, -0.2) is 4.39 Å². The van der Waals surface area contributed by atoms with Crippen molar-refractivity contribution in [3.63, 3.8) is 0 Å². The molecule has 222 valence electrons. The van der Waals surface area contributed by atoms with Gasteiger partial charge in [0.2, 0.25) is 0 Å². The van der Waals surface area contributed by atoms with Crippen LogP contribution in [-0.2, 0) is 30.8 Å². The topological polar surface area (TPSA) is 115 Å². The number of aryl methyl sites for hydroxylation is 2. The third-order valence-electron chi connectivity index (χ3n) is 7.23. The molecule has 0 unspecified atom stereocenters. The molecule has 3 N–H and O–H groups in total. The van der Waals surface area contributed by atoms with Crippen molar-refractivity contribution >= 4 is 17.6 Å². The number of hydrogen-bond acceptors (Lipinski definition) is 6. The second-order valence-corrected chi connectivity index (χ2v) is 10.8. The first-order chi connectivity index (χ1) is 20.7. The molecular formula is C34H33ClFN3O4. The second-order valence-electron chi connectivity index (χ2n) is 10.4. The first-order valence-corrected chi connectivity index (χ1v) is 14.3. The maximum Gasteiger partial charge on any atom is 0.323 e. The summed E-state index contributed by atoms with van der Waals surface area (Å²) in [5.74, 6) is -0.741. The smallest absolute Gasteiger partial charge is 0.323 e. The van der Waals surface area contributed by atoms with Gasteiger partial charge in [0.05, 0.1) is 11.7 Å². The van der Waals surface area contributed by atoms with E-state index in [0.717, 1.165) is 35.1 Å². The molecule has 1 heterocycles. The summed E-state index contributed by atoms with van der Waals surface area (Å²) in [6.45, 7) is 3.57. The van der Waals surface area contributed by atoms with Crippen molar-refractivity contribution in [2.45, 2.75) is 58.4 Å². The van der Waals surface area contributed by atoms with E-state index in [1.165, 1.54) is 36.7 Å². The Balaban J connectivity index is 0.000000222. The number of fused-ring (bicyclic) bond motifs is 1. The molecule has 1 aliphatic carbocycles. The van der Waals surface area contributed by atoms with Gasteiger partial charge in [-0.1, -0.05) is 48.0 Å². The number of carboxylic acid groups (broad SMARTS) is 1. The average Bonchev–Trinajstić information content (AvgIpc) is 3.48. The zero-order valence-electron chi connectivity index (χ0n) is 24.0. The fraction of sp³-hybridized carbons (Fsp3) is 0.265. The first kappa shape index (κ1) is 31.6. The van der Waals surface area contributed by atoms with Crippen LogP contribution < -0.4 is 10.1 Å². The van der Waals surface area contributed by atoms with Crippen molar-refractivity contribution in [2.75, 3.05) is 0 Å². The maximum atomic E-state index is 13.7. The highest BCUT2D eigenvalue weighted by molar-refractivity contribution is 6.31. The molecule has 0 saturated carbocycles. The van der Waals surface area contributed by atoms with Crippen molar-refractivity contribution in [1.29, 1.82) is 5.26 Å². The lowest BCUT2D eigenvalue weighted by Crippen LogP contribution is -2.44. The molecule has 0 saturated heterocycles. The van der Waals surface area contributed by atoms with E-state index in [4.69, 9.17) is 21.6 Å². The van der Waals surface area contributed by atoms with E-state index in [0.29, 0.717) is 21.9 Å². The van der Waals surface area contributed by atoms with Crippen molar-refractivity contribution in [1.82, 2.24) is 10.3 Å². The first-order valence-electron chi connectivity index (χ1n) is 13.9. The quantitative estimate of drug-likeness (QED) is 0.203. The predicted octanol–water partition coefficient (Wildman–Crippen LogP) is 6.40. The number of carbonyl (C=O) groups is 1. The van der Waals surface area contributed by atoms with E-state index < -0.39 is 18.1 Å². The molecule has 0 aliphatic heterocycles. The molecule has 0 amide bonds. The highest BCUT2D eigenvalue weighted by Crippen LogP contribution is 2.33. The summed E-state index contributed by atoms with van der Waals surface area (Å²) in [5.41, 5.74) is 7.17. The summed E-state index contributed by atoms with van der Waals surface area (Å²) < 4.78 is 19.6. The van der Waals surface area contributed by atoms with Crippen LogP contribution in [0.1, 0.15) is 46.7 Å². The van der Waals surface area contributed by atoms with E-state index in [-0.39, 0.29) is 19.0 Å². The molecule has 2 atom stereocenters. The third-order valence-corrected chi connectivity index (χ3v) is 7.64. The van der Waals surface area contributed by atoms with Crippen LogP contribution in [0.25, 0.3) is 11.1 Å². The molecule has 0 fully saturated rings. The Morgan fingerprint density at radius 2 is 1.91 bits per heavy atom. The normalized spacial score (nSPS) is 13.2. The zero-order valence-corrected chi connectivity index (χ0v) is 24.7. The molecule has 3 aromatic carbocycles. The molecule has 4 aromatic rings. The van der Waals surface area contributed by atoms with Crippen molar-refractivity contribution < 1.29 is 24.1 Å². The van der Waals surface area contributed by atoms with Crippen LogP contribution in [0, 0.1) is 24.1 Å². The Hall–Kier alpha value is -4.29. The number of ether oxygens (including phenoxy) is 1. The number of nitriles is 1. The van der Waals surface area contributed by atoms with Crippen LogP contribution in [0.3, 0.4) is 0 Å². The minimum absolute atomic E-state index is 0.122. The second kappa shape index (κ2) is 14.7. The fourth-order valence-corrected chi connectivity index (χ4v) is 5.18. The van der Waals surface area contributed by atoms with Gasteiger partial charge in [0.25, 0.3) is 0 Å². The fourth-order valence-electron chi connectivity index (χ4n) is 4.99. The summed E-state index contributed by atoms with van der Waals surface area (Å²) in [7, 11) is 0. The molecular weight excluding hydrogens is 569 g/mol. The van der Waals surface area contributed by atoms with Gasteiger partial charge in [0.1, 0.15) is 30.3 Å². The largest absolute Gasteiger partial charge is 0.489 e. The monoisotopic (exact) mass is 601 g/mol. The number of carboxylic acids is 1. The number of aromatic nitrogens is 1. The number of nitrogens with zero attached hydrogens (tertiary/aromatic N) is 2. The van der Waals surface area contributed by atoms with Gasteiger partial charge >= 0.3 is 5.97 Å². The number of rotatable bonds is 9. The van der Waals surface area contributed by atoms with Crippen molar-refractivity contribution in [3.05, 3.63) is 117 Å². The molecule has 43 heavy (non-hydrogen) atoms. The number of aliphatic carboxylic acids is 1. The number of pyridine rings is 1. The summed E-state index contributed by atoms with van der Waals surface area (Å²) in [6, 6.07) is 19.3. The van der Waals surface area contributed by atoms with Gasteiger partial charge in [-0.3, -0.25) is 15.1 Å². The number of aliphatic hydroxyl groups is 1. The Labute approximate surface area is 255 Å². The molecule has 5 rings (SSSR count). The summed E-state index contributed by atoms with van der Waals surface area (Å²) in [4.78, 5) is 15.2. The molecule has 9 heteroatoms. The van der Waals surface area contributed by atoms with Crippen LogP contribution >= 0.6 is 11.6 Å². The minimum Gasteiger partial charge on any atom is -0.489 e.